The average Bonchev–Trinajstić information content (AvgIpc) is 2.02. The molecule has 80 valence electrons. The normalized spacial score (nSPS) is 14.4. The number of hydrogen-bond acceptors (Lipinski definition) is 4. The Balaban J connectivity index is 4.37. The third kappa shape index (κ3) is 3.85. The quantitative estimate of drug-likeness (QED) is 0.438. The van der Waals surface area contributed by atoms with Crippen LogP contribution in [0.25, 0.3) is 0 Å². The van der Waals surface area contributed by atoms with Gasteiger partial charge in [-0.3, -0.25) is 9.59 Å². The zero-order valence-electron chi connectivity index (χ0n) is 7.08. The minimum Gasteiger partial charge on any atom is -0.481 e. The summed E-state index contributed by atoms with van der Waals surface area (Å²) in [6.07, 6.45) is -2.99. The van der Waals surface area contributed by atoms with Crippen LogP contribution in [0.2, 0.25) is 0 Å². The highest BCUT2D eigenvalue weighted by molar-refractivity contribution is 5.82. The third-order valence-corrected chi connectivity index (χ3v) is 1.62. The van der Waals surface area contributed by atoms with Gasteiger partial charge in [-0.2, -0.15) is 0 Å². The second kappa shape index (κ2) is 5.18. The van der Waals surface area contributed by atoms with E-state index >= 15 is 0 Å². The van der Waals surface area contributed by atoms with E-state index in [-0.39, 0.29) is 0 Å². The third-order valence-electron chi connectivity index (χ3n) is 1.62. The molecule has 14 heavy (non-hydrogen) atoms. The summed E-state index contributed by atoms with van der Waals surface area (Å²) >= 11 is 0. The Hall–Kier alpha value is -1.63. The molecule has 0 fully saturated rings. The largest absolute Gasteiger partial charge is 0.481 e. The number of rotatable bonds is 6. The second-order valence-electron chi connectivity index (χ2n) is 2.66. The SMILES string of the molecule is O=C(O)CC[C@H](C(=O)O)[C@@H](O)C(=O)O. The molecule has 0 aromatic heterocycles. The molecule has 0 aliphatic rings. The number of carbonyl (C=O) groups is 3. The number of carboxylic acids is 3. The predicted molar refractivity (Wildman–Crippen MR) is 41.6 cm³/mol. The van der Waals surface area contributed by atoms with Crippen LogP contribution in [-0.2, 0) is 14.4 Å². The van der Waals surface area contributed by atoms with Crippen molar-refractivity contribution < 1.29 is 34.8 Å². The maximum Gasteiger partial charge on any atom is 0.333 e. The standard InChI is InChI=1S/C7H10O7/c8-4(9)2-1-3(6(11)12)5(10)7(13)14/h3,5,10H,1-2H2,(H,8,9)(H,11,12)(H,13,14)/t3-,5+/m0/s1. The van der Waals surface area contributed by atoms with Crippen molar-refractivity contribution in [3.8, 4) is 0 Å². The summed E-state index contributed by atoms with van der Waals surface area (Å²) in [7, 11) is 0. The number of aliphatic carboxylic acids is 3. The maximum absolute atomic E-state index is 10.4. The fourth-order valence-electron chi connectivity index (χ4n) is 0.867. The Kier molecular flexibility index (Phi) is 4.57. The van der Waals surface area contributed by atoms with Crippen LogP contribution in [0.3, 0.4) is 0 Å². The van der Waals surface area contributed by atoms with E-state index < -0.39 is 42.8 Å². The van der Waals surface area contributed by atoms with Crippen LogP contribution >= 0.6 is 0 Å². The van der Waals surface area contributed by atoms with E-state index in [0.717, 1.165) is 0 Å². The highest BCUT2D eigenvalue weighted by Gasteiger charge is 2.32. The molecule has 4 N–H and O–H groups in total. The van der Waals surface area contributed by atoms with Crippen molar-refractivity contribution in [1.82, 2.24) is 0 Å². The lowest BCUT2D eigenvalue weighted by Crippen LogP contribution is -2.35. The summed E-state index contributed by atoms with van der Waals surface area (Å²) < 4.78 is 0. The van der Waals surface area contributed by atoms with E-state index in [4.69, 9.17) is 20.4 Å². The van der Waals surface area contributed by atoms with Gasteiger partial charge in [0.05, 0.1) is 5.92 Å². The van der Waals surface area contributed by atoms with Gasteiger partial charge in [-0.25, -0.2) is 4.79 Å². The second-order valence-corrected chi connectivity index (χ2v) is 2.66. The molecule has 0 radical (unpaired) electrons. The highest BCUT2D eigenvalue weighted by atomic mass is 16.4. The first-order valence-corrected chi connectivity index (χ1v) is 3.71. The molecule has 0 saturated heterocycles. The smallest absolute Gasteiger partial charge is 0.333 e. The van der Waals surface area contributed by atoms with Crippen LogP contribution in [-0.4, -0.2) is 44.4 Å². The first-order valence-electron chi connectivity index (χ1n) is 3.71. The Morgan fingerprint density at radius 3 is 1.79 bits per heavy atom. The topological polar surface area (TPSA) is 132 Å². The van der Waals surface area contributed by atoms with Gasteiger partial charge >= 0.3 is 17.9 Å². The predicted octanol–water partition coefficient (Wildman–Crippen LogP) is -1.00. The molecule has 0 amide bonds. The van der Waals surface area contributed by atoms with Gasteiger partial charge < -0.3 is 20.4 Å². The summed E-state index contributed by atoms with van der Waals surface area (Å²) in [5.74, 6) is -6.04. The van der Waals surface area contributed by atoms with Gasteiger partial charge in [0.15, 0.2) is 6.10 Å². The number of aliphatic hydroxyl groups is 1. The van der Waals surface area contributed by atoms with Gasteiger partial charge in [-0.15, -0.1) is 0 Å². The number of hydrogen-bond donors (Lipinski definition) is 4. The van der Waals surface area contributed by atoms with Crippen LogP contribution in [0.4, 0.5) is 0 Å². The molecular formula is C7H10O7. The molecule has 7 nitrogen and oxygen atoms in total. The lowest BCUT2D eigenvalue weighted by atomic mass is 9.97. The van der Waals surface area contributed by atoms with Crippen LogP contribution in [0, 0.1) is 5.92 Å². The molecule has 0 spiro atoms. The highest BCUT2D eigenvalue weighted by Crippen LogP contribution is 2.12. The lowest BCUT2D eigenvalue weighted by molar-refractivity contribution is -0.160. The first-order chi connectivity index (χ1) is 6.36. The molecule has 0 aliphatic heterocycles. The Labute approximate surface area is 78.6 Å². The molecule has 0 rings (SSSR count). The van der Waals surface area contributed by atoms with E-state index in [2.05, 4.69) is 0 Å². The molecule has 0 aromatic rings. The van der Waals surface area contributed by atoms with E-state index in [1.807, 2.05) is 0 Å². The fraction of sp³-hybridized carbons (Fsp3) is 0.571. The molecule has 2 atom stereocenters. The molecule has 0 heterocycles. The summed E-state index contributed by atoms with van der Waals surface area (Å²) in [6.45, 7) is 0. The van der Waals surface area contributed by atoms with Crippen LogP contribution in [0.1, 0.15) is 12.8 Å². The molecule has 0 aromatic carbocycles. The number of aliphatic hydroxyl groups excluding tert-OH is 1. The van der Waals surface area contributed by atoms with Crippen LogP contribution in [0.15, 0.2) is 0 Å². The van der Waals surface area contributed by atoms with Crippen LogP contribution < -0.4 is 0 Å². The first kappa shape index (κ1) is 12.4. The summed E-state index contributed by atoms with van der Waals surface area (Å²) in [5, 5.41) is 33.9. The van der Waals surface area contributed by atoms with E-state index in [9.17, 15) is 14.4 Å². The Morgan fingerprint density at radius 2 is 1.50 bits per heavy atom. The Bertz CT molecular complexity index is 246. The maximum atomic E-state index is 10.4. The van der Waals surface area contributed by atoms with Gasteiger partial charge in [-0.1, -0.05) is 0 Å². The zero-order chi connectivity index (χ0) is 11.3. The molecular weight excluding hydrogens is 196 g/mol. The van der Waals surface area contributed by atoms with Gasteiger partial charge in [-0.05, 0) is 6.42 Å². The van der Waals surface area contributed by atoms with E-state index in [1.165, 1.54) is 0 Å². The summed E-state index contributed by atoms with van der Waals surface area (Å²) in [6, 6.07) is 0. The average molecular weight is 206 g/mol. The van der Waals surface area contributed by atoms with Crippen molar-refractivity contribution in [2.24, 2.45) is 5.92 Å². The molecule has 7 heteroatoms. The van der Waals surface area contributed by atoms with Gasteiger partial charge in [0.25, 0.3) is 0 Å². The van der Waals surface area contributed by atoms with Gasteiger partial charge in [0.2, 0.25) is 0 Å². The van der Waals surface area contributed by atoms with Crippen molar-refractivity contribution >= 4 is 17.9 Å². The van der Waals surface area contributed by atoms with E-state index in [1.54, 1.807) is 0 Å². The minimum absolute atomic E-state index is 0.419. The van der Waals surface area contributed by atoms with Crippen molar-refractivity contribution in [3.05, 3.63) is 0 Å². The van der Waals surface area contributed by atoms with Crippen molar-refractivity contribution in [1.29, 1.82) is 0 Å². The Morgan fingerprint density at radius 1 is 1.00 bits per heavy atom. The van der Waals surface area contributed by atoms with Gasteiger partial charge in [0, 0.05) is 6.42 Å². The monoisotopic (exact) mass is 206 g/mol. The van der Waals surface area contributed by atoms with Crippen LogP contribution in [0.5, 0.6) is 0 Å². The summed E-state index contributed by atoms with van der Waals surface area (Å²) in [5.41, 5.74) is 0. The van der Waals surface area contributed by atoms with Gasteiger partial charge in [0.1, 0.15) is 0 Å². The lowest BCUT2D eigenvalue weighted by Gasteiger charge is -2.13. The fourth-order valence-corrected chi connectivity index (χ4v) is 0.867. The molecule has 0 saturated carbocycles. The molecule has 0 aliphatic carbocycles. The van der Waals surface area contributed by atoms with Crippen molar-refractivity contribution in [2.75, 3.05) is 0 Å². The molecule has 0 unspecified atom stereocenters. The van der Waals surface area contributed by atoms with E-state index in [0.29, 0.717) is 0 Å². The summed E-state index contributed by atoms with van der Waals surface area (Å²) in [4.78, 5) is 30.8. The zero-order valence-corrected chi connectivity index (χ0v) is 7.08. The number of carboxylic acid groups (broad SMARTS) is 3. The van der Waals surface area contributed by atoms with Crippen molar-refractivity contribution in [2.45, 2.75) is 18.9 Å². The van der Waals surface area contributed by atoms with Crippen molar-refractivity contribution in [3.63, 3.8) is 0 Å². The molecule has 0 bridgehead atoms. The minimum atomic E-state index is -2.08.